The zero-order valence-corrected chi connectivity index (χ0v) is 13.6. The summed E-state index contributed by atoms with van der Waals surface area (Å²) in [5.74, 6) is 2.46. The Morgan fingerprint density at radius 2 is 1.91 bits per heavy atom. The molecular weight excluding hydrogens is 298 g/mol. The second-order valence-corrected chi connectivity index (χ2v) is 6.13. The van der Waals surface area contributed by atoms with Crippen LogP contribution in [-0.4, -0.2) is 30.3 Å². The molecule has 114 valence electrons. The number of hydrogen-bond donors (Lipinski definition) is 0. The first kappa shape index (κ1) is 14.8. The van der Waals surface area contributed by atoms with Gasteiger partial charge in [-0.2, -0.15) is 21.4 Å². The van der Waals surface area contributed by atoms with Crippen LogP contribution in [0.4, 0.5) is 0 Å². The Bertz CT molecular complexity index is 781. The highest BCUT2D eigenvalue weighted by molar-refractivity contribution is 7.98. The lowest BCUT2D eigenvalue weighted by molar-refractivity contribution is 0.408. The molecule has 0 aliphatic rings. The van der Waals surface area contributed by atoms with Gasteiger partial charge in [0.05, 0.1) is 11.9 Å². The molecule has 0 saturated carbocycles. The van der Waals surface area contributed by atoms with Crippen LogP contribution < -0.4 is 4.74 Å². The van der Waals surface area contributed by atoms with Crippen LogP contribution in [0.15, 0.2) is 24.4 Å². The highest BCUT2D eigenvalue weighted by Gasteiger charge is 2.10. The first-order valence-electron chi connectivity index (χ1n) is 7.07. The summed E-state index contributed by atoms with van der Waals surface area (Å²) in [5, 5.41) is 4.25. The van der Waals surface area contributed by atoms with E-state index in [0.717, 1.165) is 34.2 Å². The molecule has 0 bridgehead atoms. The Balaban J connectivity index is 1.99. The molecule has 22 heavy (non-hydrogen) atoms. The van der Waals surface area contributed by atoms with Gasteiger partial charge in [-0.1, -0.05) is 6.92 Å². The Labute approximate surface area is 133 Å². The second kappa shape index (κ2) is 6.31. The minimum Gasteiger partial charge on any atom is -0.405 e. The number of aromatic nitrogens is 5. The summed E-state index contributed by atoms with van der Waals surface area (Å²) >= 11 is 1.81. The largest absolute Gasteiger partial charge is 0.405 e. The monoisotopic (exact) mass is 315 g/mol. The molecule has 3 aromatic heterocycles. The maximum atomic E-state index is 5.86. The predicted octanol–water partition coefficient (Wildman–Crippen LogP) is 3.18. The van der Waals surface area contributed by atoms with Crippen molar-refractivity contribution in [3.05, 3.63) is 41.5 Å². The Hall–Kier alpha value is -2.15. The number of rotatable bonds is 5. The lowest BCUT2D eigenvalue weighted by atomic mass is 10.4. The van der Waals surface area contributed by atoms with Crippen molar-refractivity contribution in [2.75, 3.05) is 5.75 Å². The Morgan fingerprint density at radius 1 is 1.14 bits per heavy atom. The molecule has 0 radical (unpaired) electrons. The zero-order valence-electron chi connectivity index (χ0n) is 12.8. The van der Waals surface area contributed by atoms with E-state index in [0.29, 0.717) is 11.9 Å². The third-order valence-electron chi connectivity index (χ3n) is 2.99. The van der Waals surface area contributed by atoms with Crippen molar-refractivity contribution in [2.45, 2.75) is 26.5 Å². The number of thioether (sulfide) groups is 1. The van der Waals surface area contributed by atoms with E-state index in [9.17, 15) is 0 Å². The van der Waals surface area contributed by atoms with Crippen molar-refractivity contribution < 1.29 is 4.74 Å². The fourth-order valence-corrected chi connectivity index (χ4v) is 2.68. The molecule has 0 aliphatic heterocycles. The van der Waals surface area contributed by atoms with Crippen molar-refractivity contribution in [1.82, 2.24) is 24.6 Å². The third-order valence-corrected chi connectivity index (χ3v) is 3.90. The SMILES string of the molecule is CCSCc1cc(Oc2nc(C)cc(C)n2)n2nccc2n1. The van der Waals surface area contributed by atoms with E-state index in [-0.39, 0.29) is 0 Å². The van der Waals surface area contributed by atoms with Gasteiger partial charge >= 0.3 is 6.01 Å². The van der Waals surface area contributed by atoms with Gasteiger partial charge in [-0.15, -0.1) is 0 Å². The fourth-order valence-electron chi connectivity index (χ4n) is 2.12. The van der Waals surface area contributed by atoms with Crippen LogP contribution >= 0.6 is 11.8 Å². The van der Waals surface area contributed by atoms with Crippen LogP contribution in [-0.2, 0) is 5.75 Å². The predicted molar refractivity (Wildman–Crippen MR) is 86.4 cm³/mol. The van der Waals surface area contributed by atoms with Gasteiger partial charge in [0.2, 0.25) is 5.88 Å². The molecule has 0 saturated heterocycles. The molecule has 0 aliphatic carbocycles. The average molecular weight is 315 g/mol. The van der Waals surface area contributed by atoms with Crippen LogP contribution in [0, 0.1) is 13.8 Å². The smallest absolute Gasteiger partial charge is 0.323 e. The summed E-state index contributed by atoms with van der Waals surface area (Å²) in [4.78, 5) is 13.2. The van der Waals surface area contributed by atoms with Gasteiger partial charge < -0.3 is 4.74 Å². The quantitative estimate of drug-likeness (QED) is 0.720. The topological polar surface area (TPSA) is 65.2 Å². The molecular formula is C15H17N5OS. The van der Waals surface area contributed by atoms with Gasteiger partial charge in [0.15, 0.2) is 5.65 Å². The molecule has 0 spiro atoms. The Morgan fingerprint density at radius 3 is 2.64 bits per heavy atom. The standard InChI is InChI=1S/C15H17N5OS/c1-4-22-9-12-8-14(20-13(19-12)5-6-16-20)21-15-17-10(2)7-11(3)18-15/h5-8H,4,9H2,1-3H3. The van der Waals surface area contributed by atoms with Crippen LogP contribution in [0.1, 0.15) is 24.0 Å². The van der Waals surface area contributed by atoms with Crippen molar-refractivity contribution in [3.8, 4) is 11.9 Å². The van der Waals surface area contributed by atoms with E-state index < -0.39 is 0 Å². The summed E-state index contributed by atoms with van der Waals surface area (Å²) in [6, 6.07) is 5.99. The summed E-state index contributed by atoms with van der Waals surface area (Å²) in [7, 11) is 0. The molecule has 3 heterocycles. The fraction of sp³-hybridized carbons (Fsp3) is 0.333. The van der Waals surface area contributed by atoms with Crippen LogP contribution in [0.5, 0.6) is 11.9 Å². The van der Waals surface area contributed by atoms with Crippen LogP contribution in [0.3, 0.4) is 0 Å². The molecule has 7 heteroatoms. The molecule has 3 aromatic rings. The Kier molecular flexibility index (Phi) is 4.24. The number of ether oxygens (including phenoxy) is 1. The van der Waals surface area contributed by atoms with E-state index in [1.807, 2.05) is 43.8 Å². The van der Waals surface area contributed by atoms with Gasteiger partial charge in [0, 0.05) is 29.3 Å². The molecule has 0 aromatic carbocycles. The molecule has 0 fully saturated rings. The summed E-state index contributed by atoms with van der Waals surface area (Å²) < 4.78 is 7.52. The maximum Gasteiger partial charge on any atom is 0.323 e. The average Bonchev–Trinajstić information content (AvgIpc) is 2.92. The van der Waals surface area contributed by atoms with Crippen molar-refractivity contribution >= 4 is 17.4 Å². The van der Waals surface area contributed by atoms with Gasteiger partial charge in [-0.3, -0.25) is 0 Å². The van der Waals surface area contributed by atoms with Gasteiger partial charge in [-0.25, -0.2) is 15.0 Å². The molecule has 6 nitrogen and oxygen atoms in total. The van der Waals surface area contributed by atoms with E-state index >= 15 is 0 Å². The van der Waals surface area contributed by atoms with E-state index in [1.165, 1.54) is 0 Å². The van der Waals surface area contributed by atoms with Crippen LogP contribution in [0.2, 0.25) is 0 Å². The molecule has 0 N–H and O–H groups in total. The van der Waals surface area contributed by atoms with Crippen molar-refractivity contribution in [1.29, 1.82) is 0 Å². The van der Waals surface area contributed by atoms with E-state index in [1.54, 1.807) is 10.7 Å². The minimum atomic E-state index is 0.328. The maximum absolute atomic E-state index is 5.86. The van der Waals surface area contributed by atoms with E-state index in [4.69, 9.17) is 4.74 Å². The summed E-state index contributed by atoms with van der Waals surface area (Å²) in [6.45, 7) is 5.96. The lowest BCUT2D eigenvalue weighted by Gasteiger charge is -2.09. The normalized spacial score (nSPS) is 11.0. The first-order chi connectivity index (χ1) is 10.7. The first-order valence-corrected chi connectivity index (χ1v) is 8.22. The second-order valence-electron chi connectivity index (χ2n) is 4.86. The molecule has 0 atom stereocenters. The van der Waals surface area contributed by atoms with Crippen molar-refractivity contribution in [2.24, 2.45) is 0 Å². The highest BCUT2D eigenvalue weighted by Crippen LogP contribution is 2.22. The zero-order chi connectivity index (χ0) is 15.5. The minimum absolute atomic E-state index is 0.328. The highest BCUT2D eigenvalue weighted by atomic mass is 32.2. The van der Waals surface area contributed by atoms with E-state index in [2.05, 4.69) is 27.0 Å². The van der Waals surface area contributed by atoms with Crippen molar-refractivity contribution in [3.63, 3.8) is 0 Å². The van der Waals surface area contributed by atoms with Gasteiger partial charge in [0.1, 0.15) is 0 Å². The summed E-state index contributed by atoms with van der Waals surface area (Å²) in [5.41, 5.74) is 3.46. The third kappa shape index (κ3) is 3.19. The number of nitrogens with zero attached hydrogens (tertiary/aromatic N) is 5. The number of aryl methyl sites for hydroxylation is 2. The molecule has 0 unspecified atom stereocenters. The summed E-state index contributed by atoms with van der Waals surface area (Å²) in [6.07, 6.45) is 1.70. The molecule has 3 rings (SSSR count). The lowest BCUT2D eigenvalue weighted by Crippen LogP contribution is -2.03. The number of hydrogen-bond acceptors (Lipinski definition) is 6. The van der Waals surface area contributed by atoms with Crippen LogP contribution in [0.25, 0.3) is 5.65 Å². The molecule has 0 amide bonds. The van der Waals surface area contributed by atoms with Gasteiger partial charge in [0.25, 0.3) is 0 Å². The number of fused-ring (bicyclic) bond motifs is 1. The van der Waals surface area contributed by atoms with Gasteiger partial charge in [-0.05, 0) is 25.7 Å².